The molecule has 1 atom stereocenters. The van der Waals surface area contributed by atoms with Crippen LogP contribution < -0.4 is 14.8 Å². The van der Waals surface area contributed by atoms with Gasteiger partial charge in [0.15, 0.2) is 6.61 Å². The predicted molar refractivity (Wildman–Crippen MR) is 96.9 cm³/mol. The summed E-state index contributed by atoms with van der Waals surface area (Å²) in [5.74, 6) is 1.05. The van der Waals surface area contributed by atoms with Crippen molar-refractivity contribution in [2.24, 2.45) is 0 Å². The minimum Gasteiger partial charge on any atom is -0.497 e. The van der Waals surface area contributed by atoms with E-state index in [4.69, 9.17) is 9.47 Å². The minimum absolute atomic E-state index is 0.0961. The third-order valence-electron chi connectivity index (χ3n) is 3.89. The van der Waals surface area contributed by atoms with Crippen LogP contribution in [0.4, 0.5) is 0 Å². The molecule has 0 aromatic heterocycles. The van der Waals surface area contributed by atoms with Crippen LogP contribution in [0.25, 0.3) is 0 Å². The summed E-state index contributed by atoms with van der Waals surface area (Å²) in [6.07, 6.45) is 1.32. The van der Waals surface area contributed by atoms with E-state index >= 15 is 0 Å². The summed E-state index contributed by atoms with van der Waals surface area (Å²) in [6, 6.07) is 17.0. The maximum absolute atomic E-state index is 11.9. The van der Waals surface area contributed by atoms with Gasteiger partial charge in [0, 0.05) is 6.54 Å². The van der Waals surface area contributed by atoms with Crippen molar-refractivity contribution >= 4 is 5.91 Å². The van der Waals surface area contributed by atoms with E-state index in [1.807, 2.05) is 30.3 Å². The standard InChI is InChI=1S/C20H25NO4/c1-20(23,13-12-16-6-4-3-5-7-16)15-21-19(22)14-25-18-10-8-17(24-2)9-11-18/h3-11,23H,12-15H2,1-2H3,(H,21,22). The summed E-state index contributed by atoms with van der Waals surface area (Å²) in [6.45, 7) is 1.81. The highest BCUT2D eigenvalue weighted by molar-refractivity contribution is 5.77. The summed E-state index contributed by atoms with van der Waals surface area (Å²) in [5.41, 5.74) is 0.197. The molecule has 0 spiro atoms. The molecule has 1 amide bonds. The second kappa shape index (κ2) is 9.08. The molecular weight excluding hydrogens is 318 g/mol. The van der Waals surface area contributed by atoms with E-state index in [1.165, 1.54) is 0 Å². The van der Waals surface area contributed by atoms with Crippen molar-refractivity contribution in [3.05, 3.63) is 60.2 Å². The number of hydrogen-bond donors (Lipinski definition) is 2. The Kier molecular flexibility index (Phi) is 6.83. The van der Waals surface area contributed by atoms with Gasteiger partial charge in [-0.3, -0.25) is 4.79 Å². The summed E-state index contributed by atoms with van der Waals surface area (Å²) >= 11 is 0. The Morgan fingerprint density at radius 1 is 1.08 bits per heavy atom. The number of aliphatic hydroxyl groups is 1. The Morgan fingerprint density at radius 2 is 1.72 bits per heavy atom. The first-order valence-electron chi connectivity index (χ1n) is 8.28. The fraction of sp³-hybridized carbons (Fsp3) is 0.350. The first-order valence-corrected chi connectivity index (χ1v) is 8.28. The highest BCUT2D eigenvalue weighted by atomic mass is 16.5. The molecule has 5 nitrogen and oxygen atoms in total. The summed E-state index contributed by atoms with van der Waals surface area (Å²) in [7, 11) is 1.59. The molecule has 0 bridgehead atoms. The second-order valence-electron chi connectivity index (χ2n) is 6.22. The fourth-order valence-electron chi connectivity index (χ4n) is 2.31. The quantitative estimate of drug-likeness (QED) is 0.734. The molecule has 2 aromatic rings. The molecule has 1 unspecified atom stereocenters. The van der Waals surface area contributed by atoms with Gasteiger partial charge in [0.1, 0.15) is 11.5 Å². The number of amides is 1. The Balaban J connectivity index is 1.70. The van der Waals surface area contributed by atoms with Gasteiger partial charge < -0.3 is 19.9 Å². The zero-order valence-corrected chi connectivity index (χ0v) is 14.7. The van der Waals surface area contributed by atoms with Crippen LogP contribution in [0.5, 0.6) is 11.5 Å². The van der Waals surface area contributed by atoms with Gasteiger partial charge in [0.25, 0.3) is 5.91 Å². The highest BCUT2D eigenvalue weighted by Crippen LogP contribution is 2.17. The van der Waals surface area contributed by atoms with Crippen molar-refractivity contribution in [2.45, 2.75) is 25.4 Å². The average Bonchev–Trinajstić information content (AvgIpc) is 2.64. The summed E-state index contributed by atoms with van der Waals surface area (Å²) < 4.78 is 10.5. The zero-order valence-electron chi connectivity index (χ0n) is 14.7. The molecule has 2 aromatic carbocycles. The van der Waals surface area contributed by atoms with Crippen molar-refractivity contribution in [3.63, 3.8) is 0 Å². The summed E-state index contributed by atoms with van der Waals surface area (Å²) in [5, 5.41) is 13.1. The summed E-state index contributed by atoms with van der Waals surface area (Å²) in [4.78, 5) is 11.9. The molecule has 0 saturated heterocycles. The molecule has 5 heteroatoms. The minimum atomic E-state index is -0.967. The van der Waals surface area contributed by atoms with Crippen LogP contribution in [-0.4, -0.2) is 36.9 Å². The molecule has 0 fully saturated rings. The van der Waals surface area contributed by atoms with Crippen LogP contribution in [0.1, 0.15) is 18.9 Å². The molecule has 2 rings (SSSR count). The van der Waals surface area contributed by atoms with Crippen LogP contribution in [0.3, 0.4) is 0 Å². The lowest BCUT2D eigenvalue weighted by atomic mass is 9.97. The second-order valence-corrected chi connectivity index (χ2v) is 6.22. The van der Waals surface area contributed by atoms with E-state index in [1.54, 1.807) is 38.3 Å². The van der Waals surface area contributed by atoms with Gasteiger partial charge in [-0.15, -0.1) is 0 Å². The van der Waals surface area contributed by atoms with E-state index < -0.39 is 5.60 Å². The van der Waals surface area contributed by atoms with Gasteiger partial charge in [-0.25, -0.2) is 0 Å². The SMILES string of the molecule is COc1ccc(OCC(=O)NCC(C)(O)CCc2ccccc2)cc1. The predicted octanol–water partition coefficient (Wildman–Crippen LogP) is 2.57. The molecule has 25 heavy (non-hydrogen) atoms. The van der Waals surface area contributed by atoms with Crippen molar-refractivity contribution < 1.29 is 19.4 Å². The van der Waals surface area contributed by atoms with Gasteiger partial charge in [-0.2, -0.15) is 0 Å². The number of ether oxygens (including phenoxy) is 2. The lowest BCUT2D eigenvalue weighted by Gasteiger charge is -2.23. The number of hydrogen-bond acceptors (Lipinski definition) is 4. The van der Waals surface area contributed by atoms with Crippen LogP contribution in [0.2, 0.25) is 0 Å². The Labute approximate surface area is 148 Å². The van der Waals surface area contributed by atoms with E-state index in [9.17, 15) is 9.90 Å². The average molecular weight is 343 g/mol. The topological polar surface area (TPSA) is 67.8 Å². The third-order valence-corrected chi connectivity index (χ3v) is 3.89. The molecule has 0 heterocycles. The van der Waals surface area contributed by atoms with E-state index in [0.717, 1.165) is 17.7 Å². The molecule has 0 aliphatic rings. The first kappa shape index (κ1) is 18.8. The van der Waals surface area contributed by atoms with Crippen LogP contribution >= 0.6 is 0 Å². The number of benzene rings is 2. The molecule has 0 radical (unpaired) electrons. The van der Waals surface area contributed by atoms with Crippen molar-refractivity contribution in [1.29, 1.82) is 0 Å². The molecule has 134 valence electrons. The molecular formula is C20H25NO4. The maximum atomic E-state index is 11.9. The van der Waals surface area contributed by atoms with Crippen LogP contribution in [-0.2, 0) is 11.2 Å². The normalized spacial score (nSPS) is 12.9. The Bertz CT molecular complexity index is 653. The van der Waals surface area contributed by atoms with Gasteiger partial charge >= 0.3 is 0 Å². The number of rotatable bonds is 9. The molecule has 0 aliphatic carbocycles. The van der Waals surface area contributed by atoms with Gasteiger partial charge in [0.05, 0.1) is 12.7 Å². The van der Waals surface area contributed by atoms with Gasteiger partial charge in [-0.1, -0.05) is 30.3 Å². The molecule has 0 aliphatic heterocycles. The van der Waals surface area contributed by atoms with Crippen molar-refractivity contribution in [3.8, 4) is 11.5 Å². The number of carbonyl (C=O) groups excluding carboxylic acids is 1. The van der Waals surface area contributed by atoms with E-state index in [-0.39, 0.29) is 19.1 Å². The van der Waals surface area contributed by atoms with Gasteiger partial charge in [-0.05, 0) is 49.6 Å². The largest absolute Gasteiger partial charge is 0.497 e. The lowest BCUT2D eigenvalue weighted by molar-refractivity contribution is -0.124. The number of carbonyl (C=O) groups is 1. The van der Waals surface area contributed by atoms with Crippen LogP contribution in [0.15, 0.2) is 54.6 Å². The van der Waals surface area contributed by atoms with Gasteiger partial charge in [0.2, 0.25) is 0 Å². The van der Waals surface area contributed by atoms with E-state index in [0.29, 0.717) is 12.2 Å². The maximum Gasteiger partial charge on any atom is 0.258 e. The fourth-order valence-corrected chi connectivity index (χ4v) is 2.31. The zero-order chi connectivity index (χ0) is 18.1. The van der Waals surface area contributed by atoms with Crippen molar-refractivity contribution in [1.82, 2.24) is 5.32 Å². The molecule has 2 N–H and O–H groups in total. The Morgan fingerprint density at radius 3 is 2.36 bits per heavy atom. The third kappa shape index (κ3) is 6.85. The first-order chi connectivity index (χ1) is 12.0. The number of aryl methyl sites for hydroxylation is 1. The number of methoxy groups -OCH3 is 1. The van der Waals surface area contributed by atoms with Crippen LogP contribution in [0, 0.1) is 0 Å². The highest BCUT2D eigenvalue weighted by Gasteiger charge is 2.21. The van der Waals surface area contributed by atoms with Crippen molar-refractivity contribution in [2.75, 3.05) is 20.3 Å². The smallest absolute Gasteiger partial charge is 0.258 e. The molecule has 0 saturated carbocycles. The Hall–Kier alpha value is -2.53. The number of nitrogens with one attached hydrogen (secondary N) is 1. The lowest BCUT2D eigenvalue weighted by Crippen LogP contribution is -2.42. The van der Waals surface area contributed by atoms with E-state index in [2.05, 4.69) is 5.32 Å². The monoisotopic (exact) mass is 343 g/mol.